The second-order valence-electron chi connectivity index (χ2n) is 5.02. The zero-order chi connectivity index (χ0) is 12.1. The molecule has 17 heavy (non-hydrogen) atoms. The van der Waals surface area contributed by atoms with Crippen molar-refractivity contribution in [2.24, 2.45) is 5.92 Å². The van der Waals surface area contributed by atoms with Crippen LogP contribution in [0.15, 0.2) is 30.3 Å². The molecule has 0 amide bonds. The van der Waals surface area contributed by atoms with Gasteiger partial charge in [0.1, 0.15) is 0 Å². The maximum absolute atomic E-state index is 9.65. The third-order valence-corrected chi connectivity index (χ3v) is 3.93. The molecule has 0 saturated carbocycles. The quantitative estimate of drug-likeness (QED) is 0.864. The fourth-order valence-electron chi connectivity index (χ4n) is 2.82. The van der Waals surface area contributed by atoms with Gasteiger partial charge in [0.15, 0.2) is 0 Å². The third-order valence-electron chi connectivity index (χ3n) is 3.93. The van der Waals surface area contributed by atoms with E-state index < -0.39 is 0 Å². The molecule has 1 saturated heterocycles. The van der Waals surface area contributed by atoms with Crippen LogP contribution in [0.5, 0.6) is 0 Å². The van der Waals surface area contributed by atoms with Crippen LogP contribution >= 0.6 is 0 Å². The number of aliphatic hydroxyl groups excluding tert-OH is 1. The standard InChI is InChI=1S/C15H23NO/c1-2-13-7-6-10-16(11-13)15(12-17)14-8-4-3-5-9-14/h3-5,8-9,13,15,17H,2,6-7,10-12H2,1H3/t13-,15-/m0/s1. The topological polar surface area (TPSA) is 23.5 Å². The molecule has 1 aromatic rings. The Labute approximate surface area is 104 Å². The van der Waals surface area contributed by atoms with E-state index in [2.05, 4.69) is 36.1 Å². The second kappa shape index (κ2) is 6.18. The summed E-state index contributed by atoms with van der Waals surface area (Å²) in [7, 11) is 0. The van der Waals surface area contributed by atoms with Crippen LogP contribution in [0.4, 0.5) is 0 Å². The number of likely N-dealkylation sites (tertiary alicyclic amines) is 1. The lowest BCUT2D eigenvalue weighted by Crippen LogP contribution is -2.39. The van der Waals surface area contributed by atoms with E-state index >= 15 is 0 Å². The zero-order valence-electron chi connectivity index (χ0n) is 10.7. The fraction of sp³-hybridized carbons (Fsp3) is 0.600. The van der Waals surface area contributed by atoms with Gasteiger partial charge in [-0.2, -0.15) is 0 Å². The lowest BCUT2D eigenvalue weighted by atomic mass is 9.93. The predicted molar refractivity (Wildman–Crippen MR) is 70.9 cm³/mol. The minimum Gasteiger partial charge on any atom is -0.394 e. The molecule has 2 nitrogen and oxygen atoms in total. The van der Waals surface area contributed by atoms with E-state index in [0.29, 0.717) is 0 Å². The molecule has 0 bridgehead atoms. The summed E-state index contributed by atoms with van der Waals surface area (Å²) in [5.41, 5.74) is 1.24. The number of nitrogens with zero attached hydrogens (tertiary/aromatic N) is 1. The van der Waals surface area contributed by atoms with Gasteiger partial charge >= 0.3 is 0 Å². The van der Waals surface area contributed by atoms with Crippen molar-refractivity contribution in [1.29, 1.82) is 0 Å². The number of piperidine rings is 1. The van der Waals surface area contributed by atoms with Crippen molar-refractivity contribution in [2.75, 3.05) is 19.7 Å². The van der Waals surface area contributed by atoms with Gasteiger partial charge in [-0.15, -0.1) is 0 Å². The Morgan fingerprint density at radius 2 is 2.12 bits per heavy atom. The van der Waals surface area contributed by atoms with Crippen LogP contribution in [0.3, 0.4) is 0 Å². The molecule has 0 unspecified atom stereocenters. The van der Waals surface area contributed by atoms with Gasteiger partial charge in [0.05, 0.1) is 12.6 Å². The number of aliphatic hydroxyl groups is 1. The molecule has 1 N–H and O–H groups in total. The van der Waals surface area contributed by atoms with Crippen LogP contribution < -0.4 is 0 Å². The first kappa shape index (κ1) is 12.6. The van der Waals surface area contributed by atoms with E-state index in [-0.39, 0.29) is 12.6 Å². The van der Waals surface area contributed by atoms with Crippen molar-refractivity contribution < 1.29 is 5.11 Å². The summed E-state index contributed by atoms with van der Waals surface area (Å²) in [5, 5.41) is 9.65. The van der Waals surface area contributed by atoms with E-state index in [4.69, 9.17) is 0 Å². The Morgan fingerprint density at radius 1 is 1.35 bits per heavy atom. The van der Waals surface area contributed by atoms with Gasteiger partial charge in [0.25, 0.3) is 0 Å². The first-order valence-corrected chi connectivity index (χ1v) is 6.75. The molecule has 0 spiro atoms. The highest BCUT2D eigenvalue weighted by Gasteiger charge is 2.25. The van der Waals surface area contributed by atoms with E-state index in [1.807, 2.05) is 6.07 Å². The van der Waals surface area contributed by atoms with Crippen molar-refractivity contribution >= 4 is 0 Å². The highest BCUT2D eigenvalue weighted by molar-refractivity contribution is 5.19. The molecule has 1 heterocycles. The number of hydrogen-bond donors (Lipinski definition) is 1. The fourth-order valence-corrected chi connectivity index (χ4v) is 2.82. The van der Waals surface area contributed by atoms with Crippen molar-refractivity contribution in [3.63, 3.8) is 0 Å². The van der Waals surface area contributed by atoms with Crippen LogP contribution in [-0.2, 0) is 0 Å². The summed E-state index contributed by atoms with van der Waals surface area (Å²) in [6.07, 6.45) is 3.87. The third kappa shape index (κ3) is 3.08. The molecule has 1 aliphatic rings. The SMILES string of the molecule is CC[C@H]1CCCN([C@@H](CO)c2ccccc2)C1. The molecule has 94 valence electrons. The molecule has 2 rings (SSSR count). The van der Waals surface area contributed by atoms with Crippen LogP contribution in [0.25, 0.3) is 0 Å². The van der Waals surface area contributed by atoms with Crippen molar-refractivity contribution in [1.82, 2.24) is 4.90 Å². The number of rotatable bonds is 4. The molecule has 1 fully saturated rings. The maximum atomic E-state index is 9.65. The van der Waals surface area contributed by atoms with Gasteiger partial charge in [0, 0.05) is 6.54 Å². The molecular weight excluding hydrogens is 210 g/mol. The Morgan fingerprint density at radius 3 is 2.76 bits per heavy atom. The van der Waals surface area contributed by atoms with Gasteiger partial charge in [-0.25, -0.2) is 0 Å². The van der Waals surface area contributed by atoms with Gasteiger partial charge in [0.2, 0.25) is 0 Å². The average molecular weight is 233 g/mol. The summed E-state index contributed by atoms with van der Waals surface area (Å²) < 4.78 is 0. The monoisotopic (exact) mass is 233 g/mol. The number of benzene rings is 1. The summed E-state index contributed by atoms with van der Waals surface area (Å²) in [6.45, 7) is 4.75. The predicted octanol–water partition coefficient (Wildman–Crippen LogP) is 2.84. The molecule has 1 aliphatic heterocycles. The van der Waals surface area contributed by atoms with Gasteiger partial charge in [-0.05, 0) is 30.9 Å². The van der Waals surface area contributed by atoms with Crippen LogP contribution in [0.2, 0.25) is 0 Å². The summed E-state index contributed by atoms with van der Waals surface area (Å²) >= 11 is 0. The smallest absolute Gasteiger partial charge is 0.0628 e. The Bertz CT molecular complexity index is 325. The number of hydrogen-bond acceptors (Lipinski definition) is 2. The molecule has 0 aliphatic carbocycles. The van der Waals surface area contributed by atoms with E-state index in [9.17, 15) is 5.11 Å². The van der Waals surface area contributed by atoms with Crippen LogP contribution in [0.1, 0.15) is 37.8 Å². The van der Waals surface area contributed by atoms with Gasteiger partial charge < -0.3 is 5.11 Å². The van der Waals surface area contributed by atoms with Crippen molar-refractivity contribution in [2.45, 2.75) is 32.2 Å². The molecule has 0 radical (unpaired) electrons. The Hall–Kier alpha value is -0.860. The maximum Gasteiger partial charge on any atom is 0.0628 e. The van der Waals surface area contributed by atoms with Crippen molar-refractivity contribution in [3.05, 3.63) is 35.9 Å². The molecule has 2 atom stereocenters. The first-order valence-electron chi connectivity index (χ1n) is 6.75. The van der Waals surface area contributed by atoms with E-state index in [1.54, 1.807) is 0 Å². The Kier molecular flexibility index (Phi) is 4.57. The van der Waals surface area contributed by atoms with Crippen molar-refractivity contribution in [3.8, 4) is 0 Å². The average Bonchev–Trinajstić information content (AvgIpc) is 2.41. The van der Waals surface area contributed by atoms with Crippen LogP contribution in [-0.4, -0.2) is 29.7 Å². The molecule has 2 heteroatoms. The molecule has 0 aromatic heterocycles. The van der Waals surface area contributed by atoms with Gasteiger partial charge in [-0.3, -0.25) is 4.90 Å². The summed E-state index contributed by atoms with van der Waals surface area (Å²) in [6, 6.07) is 10.6. The Balaban J connectivity index is 2.08. The van der Waals surface area contributed by atoms with Crippen LogP contribution in [0, 0.1) is 5.92 Å². The zero-order valence-corrected chi connectivity index (χ0v) is 10.7. The van der Waals surface area contributed by atoms with E-state index in [0.717, 1.165) is 19.0 Å². The lowest BCUT2D eigenvalue weighted by Gasteiger charge is -2.37. The lowest BCUT2D eigenvalue weighted by molar-refractivity contribution is 0.0785. The minimum atomic E-state index is 0.186. The van der Waals surface area contributed by atoms with E-state index in [1.165, 1.54) is 24.8 Å². The molecular formula is C15H23NO. The summed E-state index contributed by atoms with van der Waals surface area (Å²) in [4.78, 5) is 2.45. The minimum absolute atomic E-state index is 0.186. The second-order valence-corrected chi connectivity index (χ2v) is 5.02. The first-order chi connectivity index (χ1) is 8.35. The highest BCUT2D eigenvalue weighted by Crippen LogP contribution is 2.27. The van der Waals surface area contributed by atoms with Gasteiger partial charge in [-0.1, -0.05) is 43.7 Å². The highest BCUT2D eigenvalue weighted by atomic mass is 16.3. The molecule has 1 aromatic carbocycles. The largest absolute Gasteiger partial charge is 0.394 e. The normalized spacial score (nSPS) is 23.5. The summed E-state index contributed by atoms with van der Waals surface area (Å²) in [5.74, 6) is 0.807.